The van der Waals surface area contributed by atoms with Gasteiger partial charge in [0.05, 0.1) is 5.69 Å². The minimum Gasteiger partial charge on any atom is -0.508 e. The van der Waals surface area contributed by atoms with Gasteiger partial charge in [0.25, 0.3) is 0 Å². The molecule has 0 aliphatic heterocycles. The predicted octanol–water partition coefficient (Wildman–Crippen LogP) is 2.11. The number of phenolic OH excluding ortho intramolecular Hbond substituents is 1. The van der Waals surface area contributed by atoms with Gasteiger partial charge in [-0.3, -0.25) is 9.48 Å². The molecule has 0 aliphatic rings. The Labute approximate surface area is 150 Å². The van der Waals surface area contributed by atoms with E-state index >= 15 is 0 Å². The van der Waals surface area contributed by atoms with Crippen LogP contribution in [0.3, 0.4) is 0 Å². The SMILES string of the molecule is CNc1nccc(-c2cn(C(C)C(N)=O)nc2-c2cc(C)cc(O)c2)n1. The number of aromatic nitrogens is 4. The van der Waals surface area contributed by atoms with E-state index < -0.39 is 11.9 Å². The highest BCUT2D eigenvalue weighted by atomic mass is 16.3. The highest BCUT2D eigenvalue weighted by Crippen LogP contribution is 2.33. The second kappa shape index (κ2) is 6.83. The quantitative estimate of drug-likeness (QED) is 0.647. The second-order valence-corrected chi connectivity index (χ2v) is 6.02. The number of rotatable bonds is 5. The first kappa shape index (κ1) is 17.4. The van der Waals surface area contributed by atoms with Crippen LogP contribution in [0.5, 0.6) is 5.75 Å². The van der Waals surface area contributed by atoms with E-state index in [0.29, 0.717) is 22.9 Å². The van der Waals surface area contributed by atoms with E-state index in [1.807, 2.05) is 13.0 Å². The molecule has 0 saturated carbocycles. The molecule has 0 spiro atoms. The van der Waals surface area contributed by atoms with E-state index in [9.17, 15) is 9.90 Å². The Morgan fingerprint density at radius 1 is 1.35 bits per heavy atom. The first-order valence-corrected chi connectivity index (χ1v) is 8.09. The molecule has 0 aliphatic carbocycles. The average molecular weight is 352 g/mol. The molecule has 1 unspecified atom stereocenters. The minimum absolute atomic E-state index is 0.141. The number of nitrogens with two attached hydrogens (primary N) is 1. The summed E-state index contributed by atoms with van der Waals surface area (Å²) in [6.07, 6.45) is 3.37. The van der Waals surface area contributed by atoms with Crippen molar-refractivity contribution in [1.29, 1.82) is 0 Å². The van der Waals surface area contributed by atoms with Crippen molar-refractivity contribution < 1.29 is 9.90 Å². The molecule has 0 fully saturated rings. The van der Waals surface area contributed by atoms with E-state index in [4.69, 9.17) is 5.73 Å². The summed E-state index contributed by atoms with van der Waals surface area (Å²) in [5.41, 5.74) is 8.98. The highest BCUT2D eigenvalue weighted by molar-refractivity contribution is 5.81. The van der Waals surface area contributed by atoms with Crippen LogP contribution >= 0.6 is 0 Å². The zero-order valence-electron chi connectivity index (χ0n) is 14.8. The van der Waals surface area contributed by atoms with Crippen molar-refractivity contribution in [3.63, 3.8) is 0 Å². The van der Waals surface area contributed by atoms with Gasteiger partial charge in [-0.05, 0) is 43.7 Å². The number of carbonyl (C=O) groups excluding carboxylic acids is 1. The number of aromatic hydroxyl groups is 1. The van der Waals surface area contributed by atoms with Crippen molar-refractivity contribution in [2.24, 2.45) is 5.73 Å². The molecule has 134 valence electrons. The van der Waals surface area contributed by atoms with Crippen LogP contribution in [-0.4, -0.2) is 37.8 Å². The molecule has 8 nitrogen and oxygen atoms in total. The molecule has 1 amide bonds. The minimum atomic E-state index is -0.619. The molecule has 3 rings (SSSR count). The summed E-state index contributed by atoms with van der Waals surface area (Å²) in [5, 5.41) is 17.4. The van der Waals surface area contributed by atoms with Crippen LogP contribution in [0.25, 0.3) is 22.5 Å². The largest absolute Gasteiger partial charge is 0.508 e. The Morgan fingerprint density at radius 3 is 2.77 bits per heavy atom. The van der Waals surface area contributed by atoms with Crippen LogP contribution in [0.2, 0.25) is 0 Å². The lowest BCUT2D eigenvalue weighted by Crippen LogP contribution is -2.24. The summed E-state index contributed by atoms with van der Waals surface area (Å²) < 4.78 is 1.51. The number of primary amides is 1. The van der Waals surface area contributed by atoms with E-state index in [1.54, 1.807) is 44.6 Å². The lowest BCUT2D eigenvalue weighted by molar-refractivity contribution is -0.120. The molecule has 0 saturated heterocycles. The third-order valence-corrected chi connectivity index (χ3v) is 4.03. The zero-order valence-corrected chi connectivity index (χ0v) is 14.8. The number of nitrogens with zero attached hydrogens (tertiary/aromatic N) is 4. The predicted molar refractivity (Wildman–Crippen MR) is 98.5 cm³/mol. The van der Waals surface area contributed by atoms with Crippen LogP contribution in [-0.2, 0) is 4.79 Å². The van der Waals surface area contributed by atoms with Crippen LogP contribution < -0.4 is 11.1 Å². The number of hydrogen-bond donors (Lipinski definition) is 3. The molecule has 1 aromatic carbocycles. The van der Waals surface area contributed by atoms with Gasteiger partial charge in [0.1, 0.15) is 17.5 Å². The van der Waals surface area contributed by atoms with Gasteiger partial charge in [-0.2, -0.15) is 5.10 Å². The number of nitrogens with one attached hydrogen (secondary N) is 1. The first-order valence-electron chi connectivity index (χ1n) is 8.09. The summed E-state index contributed by atoms with van der Waals surface area (Å²) in [5.74, 6) is 0.120. The third kappa shape index (κ3) is 3.34. The zero-order chi connectivity index (χ0) is 18.8. The van der Waals surface area contributed by atoms with E-state index in [-0.39, 0.29) is 5.75 Å². The Kier molecular flexibility index (Phi) is 4.57. The van der Waals surface area contributed by atoms with Gasteiger partial charge >= 0.3 is 0 Å². The maximum Gasteiger partial charge on any atom is 0.241 e. The number of amides is 1. The Hall–Kier alpha value is -3.42. The fourth-order valence-corrected chi connectivity index (χ4v) is 2.65. The maximum atomic E-state index is 11.6. The van der Waals surface area contributed by atoms with Gasteiger partial charge in [0, 0.05) is 30.6 Å². The van der Waals surface area contributed by atoms with Crippen LogP contribution in [0.15, 0.2) is 36.7 Å². The smallest absolute Gasteiger partial charge is 0.241 e. The van der Waals surface area contributed by atoms with Crippen LogP contribution in [0, 0.1) is 6.92 Å². The molecule has 1 atom stereocenters. The maximum absolute atomic E-state index is 11.6. The standard InChI is InChI=1S/C18H20N6O2/c1-10-6-12(8-13(25)7-10)16-14(9-24(23-16)11(2)17(19)26)15-4-5-21-18(20-3)22-15/h4-9,11,25H,1-3H3,(H2,19,26)(H,20,21,22). The molecule has 26 heavy (non-hydrogen) atoms. The monoisotopic (exact) mass is 352 g/mol. The molecule has 3 aromatic rings. The number of benzene rings is 1. The van der Waals surface area contributed by atoms with Gasteiger partial charge in [-0.15, -0.1) is 0 Å². The summed E-state index contributed by atoms with van der Waals surface area (Å²) in [4.78, 5) is 20.2. The lowest BCUT2D eigenvalue weighted by atomic mass is 10.0. The van der Waals surface area contributed by atoms with Gasteiger partial charge in [0.15, 0.2) is 0 Å². The van der Waals surface area contributed by atoms with Crippen molar-refractivity contribution in [3.05, 3.63) is 42.2 Å². The van der Waals surface area contributed by atoms with Crippen molar-refractivity contribution in [3.8, 4) is 28.3 Å². The van der Waals surface area contributed by atoms with Crippen LogP contribution in [0.4, 0.5) is 5.95 Å². The number of aryl methyl sites for hydroxylation is 1. The third-order valence-electron chi connectivity index (χ3n) is 4.03. The number of hydrogen-bond acceptors (Lipinski definition) is 6. The Balaban J connectivity index is 2.22. The molecule has 4 N–H and O–H groups in total. The van der Waals surface area contributed by atoms with Crippen LogP contribution in [0.1, 0.15) is 18.5 Å². The topological polar surface area (TPSA) is 119 Å². The van der Waals surface area contributed by atoms with Crippen molar-refractivity contribution in [2.45, 2.75) is 19.9 Å². The fraction of sp³-hybridized carbons (Fsp3) is 0.222. The summed E-state index contributed by atoms with van der Waals surface area (Å²) in [7, 11) is 1.73. The first-order chi connectivity index (χ1) is 12.4. The lowest BCUT2D eigenvalue weighted by Gasteiger charge is -2.07. The number of anilines is 1. The summed E-state index contributed by atoms with van der Waals surface area (Å²) in [6.45, 7) is 3.56. The normalized spacial score (nSPS) is 12.0. The Bertz CT molecular complexity index is 946. The average Bonchev–Trinajstić information content (AvgIpc) is 3.05. The van der Waals surface area contributed by atoms with E-state index in [2.05, 4.69) is 20.4 Å². The number of phenols is 1. The Morgan fingerprint density at radius 2 is 2.12 bits per heavy atom. The fourth-order valence-electron chi connectivity index (χ4n) is 2.65. The molecule has 8 heteroatoms. The van der Waals surface area contributed by atoms with Gasteiger partial charge in [-0.1, -0.05) is 0 Å². The molecule has 2 heterocycles. The highest BCUT2D eigenvalue weighted by Gasteiger charge is 2.20. The van der Waals surface area contributed by atoms with Gasteiger partial charge in [0.2, 0.25) is 11.9 Å². The summed E-state index contributed by atoms with van der Waals surface area (Å²) in [6, 6.07) is 6.33. The molecule has 0 bridgehead atoms. The molecular weight excluding hydrogens is 332 g/mol. The van der Waals surface area contributed by atoms with Crippen molar-refractivity contribution >= 4 is 11.9 Å². The van der Waals surface area contributed by atoms with Crippen molar-refractivity contribution in [1.82, 2.24) is 19.7 Å². The molecular formula is C18H20N6O2. The molecule has 2 aromatic heterocycles. The van der Waals surface area contributed by atoms with Gasteiger partial charge < -0.3 is 16.2 Å². The second-order valence-electron chi connectivity index (χ2n) is 6.02. The van der Waals surface area contributed by atoms with E-state index in [0.717, 1.165) is 11.1 Å². The van der Waals surface area contributed by atoms with Gasteiger partial charge in [-0.25, -0.2) is 9.97 Å². The molecule has 0 radical (unpaired) electrons. The number of carbonyl (C=O) groups is 1. The summed E-state index contributed by atoms with van der Waals surface area (Å²) >= 11 is 0. The van der Waals surface area contributed by atoms with E-state index in [1.165, 1.54) is 4.68 Å². The van der Waals surface area contributed by atoms with Crippen molar-refractivity contribution in [2.75, 3.05) is 12.4 Å².